The third kappa shape index (κ3) is 3.91. The van der Waals surface area contributed by atoms with Gasteiger partial charge >= 0.3 is 0 Å². The minimum Gasteiger partial charge on any atom is -0.297 e. The molecule has 1 atom stereocenters. The summed E-state index contributed by atoms with van der Waals surface area (Å²) in [6, 6.07) is 0.588. The molecule has 1 unspecified atom stereocenters. The molecule has 0 saturated carbocycles. The highest BCUT2D eigenvalue weighted by Crippen LogP contribution is 2.06. The summed E-state index contributed by atoms with van der Waals surface area (Å²) in [5.41, 5.74) is 0. The Hall–Kier alpha value is -0.300. The van der Waals surface area contributed by atoms with Crippen molar-refractivity contribution in [3.05, 3.63) is 12.7 Å². The van der Waals surface area contributed by atoms with Crippen LogP contribution in [0.2, 0.25) is 0 Å². The van der Waals surface area contributed by atoms with E-state index in [1.165, 1.54) is 32.4 Å². The monoisotopic (exact) mass is 169 g/mol. The smallest absolute Gasteiger partial charge is 0.0272 e. The highest BCUT2D eigenvalue weighted by atomic mass is 15.1. The molecule has 0 amide bonds. The van der Waals surface area contributed by atoms with Gasteiger partial charge in [0.05, 0.1) is 0 Å². The van der Waals surface area contributed by atoms with Crippen LogP contribution in [0.25, 0.3) is 0 Å². The predicted molar refractivity (Wildman–Crippen MR) is 56.4 cm³/mol. The fourth-order valence-corrected chi connectivity index (χ4v) is 1.59. The van der Waals surface area contributed by atoms with E-state index in [1.54, 1.807) is 0 Å². The van der Waals surface area contributed by atoms with E-state index in [4.69, 9.17) is 0 Å². The lowest BCUT2D eigenvalue weighted by atomic mass is 10.1. The first-order chi connectivity index (χ1) is 5.79. The van der Waals surface area contributed by atoms with Crippen molar-refractivity contribution in [2.24, 2.45) is 0 Å². The lowest BCUT2D eigenvalue weighted by molar-refractivity contribution is 0.225. The molecule has 0 aromatic carbocycles. The van der Waals surface area contributed by atoms with E-state index in [-0.39, 0.29) is 0 Å². The van der Waals surface area contributed by atoms with Crippen molar-refractivity contribution >= 4 is 0 Å². The van der Waals surface area contributed by atoms with Crippen LogP contribution in [0.3, 0.4) is 0 Å². The predicted octanol–water partition coefficient (Wildman–Crippen LogP) is 3.07. The molecule has 0 heterocycles. The van der Waals surface area contributed by atoms with Gasteiger partial charge in [0.2, 0.25) is 0 Å². The highest BCUT2D eigenvalue weighted by molar-refractivity contribution is 4.86. The summed E-state index contributed by atoms with van der Waals surface area (Å²) in [6.45, 7) is 13.0. The van der Waals surface area contributed by atoms with E-state index < -0.39 is 0 Å². The maximum Gasteiger partial charge on any atom is 0.0272 e. The van der Waals surface area contributed by atoms with E-state index in [0.717, 1.165) is 0 Å². The Kier molecular flexibility index (Phi) is 7.17. The Morgan fingerprint density at radius 1 is 1.17 bits per heavy atom. The Morgan fingerprint density at radius 2 is 1.67 bits per heavy atom. The van der Waals surface area contributed by atoms with Crippen molar-refractivity contribution in [1.82, 2.24) is 4.90 Å². The molecule has 0 aromatic heterocycles. The molecular weight excluding hydrogens is 146 g/mol. The molecule has 0 rings (SSSR count). The minimum absolute atomic E-state index is 0.588. The molecule has 0 spiro atoms. The van der Waals surface area contributed by atoms with Gasteiger partial charge < -0.3 is 0 Å². The van der Waals surface area contributed by atoms with Crippen molar-refractivity contribution in [3.63, 3.8) is 0 Å². The van der Waals surface area contributed by atoms with Crippen molar-refractivity contribution in [2.75, 3.05) is 13.1 Å². The molecule has 0 aliphatic heterocycles. The highest BCUT2D eigenvalue weighted by Gasteiger charge is 2.10. The molecule has 1 heteroatoms. The average molecular weight is 169 g/mol. The molecule has 0 aliphatic rings. The summed E-state index contributed by atoms with van der Waals surface area (Å²) < 4.78 is 0. The van der Waals surface area contributed by atoms with E-state index in [1.807, 2.05) is 0 Å². The number of nitrogens with zero attached hydrogens (tertiary/aromatic N) is 1. The second kappa shape index (κ2) is 7.35. The van der Waals surface area contributed by atoms with E-state index >= 15 is 0 Å². The maximum atomic E-state index is 3.88. The fraction of sp³-hybridized carbons (Fsp3) is 0.818. The van der Waals surface area contributed by atoms with Gasteiger partial charge in [0.15, 0.2) is 0 Å². The van der Waals surface area contributed by atoms with Crippen molar-refractivity contribution in [2.45, 2.75) is 46.1 Å². The van der Waals surface area contributed by atoms with Crippen LogP contribution >= 0.6 is 0 Å². The fourth-order valence-electron chi connectivity index (χ4n) is 1.59. The number of hydrogen-bond acceptors (Lipinski definition) is 1. The first-order valence-corrected chi connectivity index (χ1v) is 5.16. The maximum absolute atomic E-state index is 3.88. The number of rotatable bonds is 7. The second-order valence-corrected chi connectivity index (χ2v) is 3.25. The van der Waals surface area contributed by atoms with Crippen LogP contribution in [0.5, 0.6) is 0 Å². The van der Waals surface area contributed by atoms with Crippen LogP contribution in [0, 0.1) is 0 Å². The zero-order valence-corrected chi connectivity index (χ0v) is 8.84. The molecule has 0 N–H and O–H groups in total. The third-order valence-corrected chi connectivity index (χ3v) is 2.18. The third-order valence-electron chi connectivity index (χ3n) is 2.18. The van der Waals surface area contributed by atoms with Gasteiger partial charge in [-0.1, -0.05) is 26.8 Å². The van der Waals surface area contributed by atoms with Crippen LogP contribution < -0.4 is 0 Å². The van der Waals surface area contributed by atoms with Crippen LogP contribution in [0.1, 0.15) is 40.0 Å². The average Bonchev–Trinajstić information content (AvgIpc) is 2.07. The van der Waals surface area contributed by atoms with Gasteiger partial charge in [-0.2, -0.15) is 0 Å². The first kappa shape index (κ1) is 11.7. The van der Waals surface area contributed by atoms with Crippen molar-refractivity contribution in [3.8, 4) is 0 Å². The molecule has 0 aliphatic carbocycles. The molecule has 72 valence electrons. The normalized spacial score (nSPS) is 13.3. The van der Waals surface area contributed by atoms with Gasteiger partial charge in [-0.05, 0) is 32.4 Å². The van der Waals surface area contributed by atoms with Gasteiger partial charge in [-0.15, -0.1) is 6.58 Å². The zero-order valence-electron chi connectivity index (χ0n) is 8.84. The molecule has 0 saturated heterocycles. The molecule has 0 aromatic rings. The Balaban J connectivity index is 3.94. The molecule has 12 heavy (non-hydrogen) atoms. The van der Waals surface area contributed by atoms with Crippen LogP contribution in [0.15, 0.2) is 12.7 Å². The molecular formula is C11H23N. The molecule has 0 bridgehead atoms. The molecule has 0 radical (unpaired) electrons. The SMILES string of the molecule is C=CC(CC)N(CCC)CCC. The van der Waals surface area contributed by atoms with Gasteiger partial charge in [-0.3, -0.25) is 4.90 Å². The Labute approximate surface area is 77.5 Å². The summed E-state index contributed by atoms with van der Waals surface area (Å²) in [6.07, 6.45) is 5.74. The Bertz CT molecular complexity index is 104. The van der Waals surface area contributed by atoms with E-state index in [9.17, 15) is 0 Å². The first-order valence-electron chi connectivity index (χ1n) is 5.16. The Morgan fingerprint density at radius 3 is 1.92 bits per heavy atom. The van der Waals surface area contributed by atoms with Crippen LogP contribution in [-0.2, 0) is 0 Å². The van der Waals surface area contributed by atoms with E-state index in [0.29, 0.717) is 6.04 Å². The second-order valence-electron chi connectivity index (χ2n) is 3.25. The lowest BCUT2D eigenvalue weighted by Gasteiger charge is -2.27. The topological polar surface area (TPSA) is 3.24 Å². The largest absolute Gasteiger partial charge is 0.297 e. The van der Waals surface area contributed by atoms with Crippen LogP contribution in [0.4, 0.5) is 0 Å². The summed E-state index contributed by atoms with van der Waals surface area (Å²) >= 11 is 0. The number of hydrogen-bond donors (Lipinski definition) is 0. The zero-order chi connectivity index (χ0) is 9.40. The van der Waals surface area contributed by atoms with Crippen LogP contribution in [-0.4, -0.2) is 24.0 Å². The summed E-state index contributed by atoms with van der Waals surface area (Å²) in [4.78, 5) is 2.52. The summed E-state index contributed by atoms with van der Waals surface area (Å²) in [7, 11) is 0. The molecule has 0 fully saturated rings. The quantitative estimate of drug-likeness (QED) is 0.529. The van der Waals surface area contributed by atoms with E-state index in [2.05, 4.69) is 38.3 Å². The van der Waals surface area contributed by atoms with Gasteiger partial charge in [-0.25, -0.2) is 0 Å². The van der Waals surface area contributed by atoms with Crippen molar-refractivity contribution in [1.29, 1.82) is 0 Å². The lowest BCUT2D eigenvalue weighted by Crippen LogP contribution is -2.34. The summed E-state index contributed by atoms with van der Waals surface area (Å²) in [5.74, 6) is 0. The van der Waals surface area contributed by atoms with Gasteiger partial charge in [0.1, 0.15) is 0 Å². The van der Waals surface area contributed by atoms with Crippen molar-refractivity contribution < 1.29 is 0 Å². The minimum atomic E-state index is 0.588. The standard InChI is InChI=1S/C11H23N/c1-5-9-12(10-6-2)11(7-3)8-4/h7,11H,3,5-6,8-10H2,1-2,4H3. The van der Waals surface area contributed by atoms with Gasteiger partial charge in [0.25, 0.3) is 0 Å². The molecule has 1 nitrogen and oxygen atoms in total. The summed E-state index contributed by atoms with van der Waals surface area (Å²) in [5, 5.41) is 0. The van der Waals surface area contributed by atoms with Gasteiger partial charge in [0, 0.05) is 6.04 Å².